The predicted molar refractivity (Wildman–Crippen MR) is 106 cm³/mol. The van der Waals surface area contributed by atoms with Gasteiger partial charge in [-0.25, -0.2) is 8.42 Å². The lowest BCUT2D eigenvalue weighted by Crippen LogP contribution is -2.24. The summed E-state index contributed by atoms with van der Waals surface area (Å²) >= 11 is 5.98. The number of para-hydroxylation sites is 2. The number of aromatic nitrogens is 1. The second-order valence-electron chi connectivity index (χ2n) is 5.68. The average molecular weight is 401 g/mol. The maximum atomic E-state index is 12.6. The molecule has 0 bridgehead atoms. The number of sulfonamides is 1. The van der Waals surface area contributed by atoms with Gasteiger partial charge in [0.25, 0.3) is 0 Å². The van der Waals surface area contributed by atoms with Crippen molar-refractivity contribution >= 4 is 32.5 Å². The molecule has 1 heterocycles. The maximum Gasteiger partial charge on any atom is 0.243 e. The van der Waals surface area contributed by atoms with E-state index >= 15 is 0 Å². The number of fused-ring (bicyclic) bond motifs is 1. The van der Waals surface area contributed by atoms with Crippen LogP contribution in [0.15, 0.2) is 59.5 Å². The smallest absolute Gasteiger partial charge is 0.243 e. The highest BCUT2D eigenvalue weighted by molar-refractivity contribution is 7.89. The van der Waals surface area contributed by atoms with Crippen LogP contribution in [0.25, 0.3) is 10.9 Å². The second kappa shape index (κ2) is 8.40. The number of halogens is 1. The van der Waals surface area contributed by atoms with Gasteiger partial charge in [0, 0.05) is 11.1 Å². The lowest BCUT2D eigenvalue weighted by molar-refractivity contribution is 0.370. The summed E-state index contributed by atoms with van der Waals surface area (Å²) < 4.78 is 33.1. The molecule has 0 radical (unpaired) electrons. The summed E-state index contributed by atoms with van der Waals surface area (Å²) in [6.07, 6.45) is 0. The molecule has 0 aliphatic carbocycles. The van der Waals surface area contributed by atoms with Crippen molar-refractivity contribution in [3.63, 3.8) is 0 Å². The van der Waals surface area contributed by atoms with E-state index in [1.54, 1.807) is 24.3 Å². The minimum atomic E-state index is -3.73. The van der Waals surface area contributed by atoms with Gasteiger partial charge in [-0.15, -0.1) is 0 Å². The number of nitrogens with zero attached hydrogens (tertiary/aromatic N) is 1. The predicted octanol–water partition coefficient (Wildman–Crippen LogP) is 3.56. The van der Waals surface area contributed by atoms with Crippen molar-refractivity contribution in [3.8, 4) is 17.6 Å². The van der Waals surface area contributed by atoms with E-state index in [9.17, 15) is 8.42 Å². The summed E-state index contributed by atoms with van der Waals surface area (Å²) in [5, 5.41) is 1.27. The van der Waals surface area contributed by atoms with Crippen LogP contribution in [-0.4, -0.2) is 26.6 Å². The van der Waals surface area contributed by atoms with Crippen LogP contribution >= 0.6 is 11.6 Å². The molecule has 0 saturated heterocycles. The highest BCUT2D eigenvalue weighted by atomic mass is 35.5. The molecule has 27 heavy (non-hydrogen) atoms. The molecular weight excluding hydrogens is 384 g/mol. The topological polar surface area (TPSA) is 68.3 Å². The lowest BCUT2D eigenvalue weighted by Gasteiger charge is -2.08. The number of hydrogen-bond donors (Lipinski definition) is 1. The molecule has 5 nitrogen and oxygen atoms in total. The first-order valence-corrected chi connectivity index (χ1v) is 10.0. The molecule has 1 aromatic heterocycles. The SMILES string of the molecule is Cc1ccc2cccc(S(=O)(=O)NCC#CCOc3ccccc3Cl)c2n1. The summed E-state index contributed by atoms with van der Waals surface area (Å²) in [7, 11) is -3.73. The fraction of sp³-hybridized carbons (Fsp3) is 0.150. The van der Waals surface area contributed by atoms with Crippen LogP contribution in [0.5, 0.6) is 5.75 Å². The zero-order chi connectivity index (χ0) is 19.3. The van der Waals surface area contributed by atoms with Gasteiger partial charge in [0.2, 0.25) is 10.0 Å². The van der Waals surface area contributed by atoms with Crippen molar-refractivity contribution in [2.24, 2.45) is 0 Å². The van der Waals surface area contributed by atoms with E-state index < -0.39 is 10.0 Å². The zero-order valence-corrected chi connectivity index (χ0v) is 16.1. The van der Waals surface area contributed by atoms with E-state index in [2.05, 4.69) is 21.5 Å². The van der Waals surface area contributed by atoms with E-state index in [0.29, 0.717) is 16.3 Å². The molecule has 138 valence electrons. The van der Waals surface area contributed by atoms with E-state index in [1.165, 1.54) is 6.07 Å². The Kier molecular flexibility index (Phi) is 5.97. The highest BCUT2D eigenvalue weighted by Gasteiger charge is 2.17. The number of nitrogens with one attached hydrogen (secondary N) is 1. The molecule has 0 fully saturated rings. The van der Waals surface area contributed by atoms with Crippen LogP contribution in [0, 0.1) is 18.8 Å². The number of ether oxygens (including phenoxy) is 1. The van der Waals surface area contributed by atoms with Gasteiger partial charge in [0.05, 0.1) is 17.1 Å². The van der Waals surface area contributed by atoms with Gasteiger partial charge in [-0.1, -0.05) is 53.8 Å². The number of rotatable bonds is 5. The molecule has 0 unspecified atom stereocenters. The zero-order valence-electron chi connectivity index (χ0n) is 14.6. The Labute approximate surface area is 163 Å². The second-order valence-corrected chi connectivity index (χ2v) is 7.82. The van der Waals surface area contributed by atoms with Gasteiger partial charge in [-0.05, 0) is 31.2 Å². The largest absolute Gasteiger partial charge is 0.479 e. The summed E-state index contributed by atoms with van der Waals surface area (Å²) in [5.41, 5.74) is 1.20. The Morgan fingerprint density at radius 1 is 1.07 bits per heavy atom. The molecule has 0 aliphatic rings. The first kappa shape index (κ1) is 19.2. The lowest BCUT2D eigenvalue weighted by atomic mass is 10.2. The standard InChI is InChI=1S/C20H17ClN2O3S/c1-15-11-12-16-7-6-10-19(20(16)23-15)27(24,25)22-13-4-5-14-26-18-9-3-2-8-17(18)21/h2-3,6-12,22H,13-14H2,1H3. The third kappa shape index (κ3) is 4.77. The van der Waals surface area contributed by atoms with E-state index in [4.69, 9.17) is 16.3 Å². The fourth-order valence-electron chi connectivity index (χ4n) is 2.43. The maximum absolute atomic E-state index is 12.6. The molecular formula is C20H17ClN2O3S. The van der Waals surface area contributed by atoms with Gasteiger partial charge in [0.1, 0.15) is 17.3 Å². The van der Waals surface area contributed by atoms with E-state index in [1.807, 2.05) is 31.2 Å². The normalized spacial score (nSPS) is 11.0. The van der Waals surface area contributed by atoms with E-state index in [0.717, 1.165) is 11.1 Å². The molecule has 0 saturated carbocycles. The summed E-state index contributed by atoms with van der Waals surface area (Å²) in [6.45, 7) is 1.90. The molecule has 3 rings (SSSR count). The Bertz CT molecular complexity index is 1130. The van der Waals surface area contributed by atoms with Crippen LogP contribution in [0.1, 0.15) is 5.69 Å². The van der Waals surface area contributed by atoms with Gasteiger partial charge in [-0.3, -0.25) is 4.98 Å². The van der Waals surface area contributed by atoms with Crippen LogP contribution in [0.3, 0.4) is 0 Å². The minimum absolute atomic E-state index is 0.0313. The van der Waals surface area contributed by atoms with Crippen molar-refractivity contribution < 1.29 is 13.2 Å². The summed E-state index contributed by atoms with van der Waals surface area (Å²) in [4.78, 5) is 4.49. The van der Waals surface area contributed by atoms with Gasteiger partial charge < -0.3 is 4.74 Å². The monoisotopic (exact) mass is 400 g/mol. The summed E-state index contributed by atoms with van der Waals surface area (Å²) in [6, 6.07) is 15.8. The first-order valence-electron chi connectivity index (χ1n) is 8.16. The Hall–Kier alpha value is -2.59. The van der Waals surface area contributed by atoms with Crippen molar-refractivity contribution in [2.75, 3.05) is 13.2 Å². The molecule has 0 atom stereocenters. The third-order valence-corrected chi connectivity index (χ3v) is 5.47. The van der Waals surface area contributed by atoms with Crippen molar-refractivity contribution in [1.29, 1.82) is 0 Å². The number of pyridine rings is 1. The number of benzene rings is 2. The minimum Gasteiger partial charge on any atom is -0.479 e. The van der Waals surface area contributed by atoms with E-state index in [-0.39, 0.29) is 18.0 Å². The highest BCUT2D eigenvalue weighted by Crippen LogP contribution is 2.23. The Balaban J connectivity index is 1.65. The van der Waals surface area contributed by atoms with Gasteiger partial charge in [-0.2, -0.15) is 4.72 Å². The number of hydrogen-bond acceptors (Lipinski definition) is 4. The van der Waals surface area contributed by atoms with Crippen molar-refractivity contribution in [1.82, 2.24) is 9.71 Å². The van der Waals surface area contributed by atoms with Crippen LogP contribution in [-0.2, 0) is 10.0 Å². The van der Waals surface area contributed by atoms with Crippen LogP contribution < -0.4 is 9.46 Å². The average Bonchev–Trinajstić information content (AvgIpc) is 2.65. The quantitative estimate of drug-likeness (QED) is 0.665. The molecule has 7 heteroatoms. The van der Waals surface area contributed by atoms with Crippen LogP contribution in [0.4, 0.5) is 0 Å². The molecule has 2 aromatic carbocycles. The summed E-state index contributed by atoms with van der Waals surface area (Å²) in [5.74, 6) is 6.02. The van der Waals surface area contributed by atoms with Crippen LogP contribution in [0.2, 0.25) is 5.02 Å². The Morgan fingerprint density at radius 3 is 2.70 bits per heavy atom. The molecule has 0 aliphatic heterocycles. The third-order valence-electron chi connectivity index (χ3n) is 3.72. The van der Waals surface area contributed by atoms with Gasteiger partial charge in [0.15, 0.2) is 0 Å². The molecule has 0 amide bonds. The van der Waals surface area contributed by atoms with Crippen molar-refractivity contribution in [2.45, 2.75) is 11.8 Å². The molecule has 3 aromatic rings. The fourth-order valence-corrected chi connectivity index (χ4v) is 3.72. The molecule has 1 N–H and O–H groups in total. The number of aryl methyl sites for hydroxylation is 1. The molecule has 0 spiro atoms. The van der Waals surface area contributed by atoms with Crippen molar-refractivity contribution in [3.05, 3.63) is 65.3 Å². The first-order chi connectivity index (χ1) is 13.0. The van der Waals surface area contributed by atoms with Gasteiger partial charge >= 0.3 is 0 Å². The Morgan fingerprint density at radius 2 is 1.89 bits per heavy atom.